The quantitative estimate of drug-likeness (QED) is 0.751. The second kappa shape index (κ2) is 9.37. The van der Waals surface area contributed by atoms with Crippen LogP contribution in [-0.4, -0.2) is 60.1 Å². The molecule has 27 heavy (non-hydrogen) atoms. The van der Waals surface area contributed by atoms with Crippen molar-refractivity contribution in [3.05, 3.63) is 53.9 Å². The van der Waals surface area contributed by atoms with E-state index in [0.717, 1.165) is 32.7 Å². The highest BCUT2D eigenvalue weighted by Crippen LogP contribution is 2.29. The molecule has 0 saturated carbocycles. The van der Waals surface area contributed by atoms with E-state index in [2.05, 4.69) is 9.88 Å². The molecule has 2 aromatic rings. The van der Waals surface area contributed by atoms with Crippen LogP contribution in [0.15, 0.2) is 42.7 Å². The first-order valence-corrected chi connectivity index (χ1v) is 9.51. The number of amides is 1. The summed E-state index contributed by atoms with van der Waals surface area (Å²) < 4.78 is 11.2. The van der Waals surface area contributed by atoms with Crippen molar-refractivity contribution in [1.29, 1.82) is 0 Å². The Morgan fingerprint density at radius 1 is 0.963 bits per heavy atom. The molecule has 1 saturated heterocycles. The lowest BCUT2D eigenvalue weighted by molar-refractivity contribution is 0.0628. The lowest BCUT2D eigenvalue weighted by Gasteiger charge is -2.34. The number of rotatable bonds is 7. The zero-order valence-corrected chi connectivity index (χ0v) is 16.1. The Morgan fingerprint density at radius 2 is 1.63 bits per heavy atom. The van der Waals surface area contributed by atoms with Gasteiger partial charge in [-0.3, -0.25) is 14.7 Å². The first kappa shape index (κ1) is 19.2. The molecule has 1 aromatic heterocycles. The number of piperazine rings is 1. The van der Waals surface area contributed by atoms with Gasteiger partial charge in [-0.2, -0.15) is 0 Å². The molecule has 0 atom stereocenters. The summed E-state index contributed by atoms with van der Waals surface area (Å²) in [7, 11) is 0. The zero-order valence-electron chi connectivity index (χ0n) is 16.1. The Kier molecular flexibility index (Phi) is 6.65. The van der Waals surface area contributed by atoms with Gasteiger partial charge in [0.15, 0.2) is 11.5 Å². The molecule has 0 N–H and O–H groups in total. The van der Waals surface area contributed by atoms with E-state index in [9.17, 15) is 4.79 Å². The molecule has 1 aliphatic rings. The van der Waals surface area contributed by atoms with Crippen LogP contribution in [-0.2, 0) is 6.54 Å². The van der Waals surface area contributed by atoms with Crippen LogP contribution in [0.2, 0.25) is 0 Å². The van der Waals surface area contributed by atoms with Gasteiger partial charge in [0.05, 0.1) is 13.2 Å². The summed E-state index contributed by atoms with van der Waals surface area (Å²) >= 11 is 0. The molecule has 6 heteroatoms. The van der Waals surface area contributed by atoms with Crippen LogP contribution in [0.1, 0.15) is 29.8 Å². The third kappa shape index (κ3) is 4.98. The molecule has 2 heterocycles. The fourth-order valence-corrected chi connectivity index (χ4v) is 3.22. The number of ether oxygens (including phenoxy) is 2. The zero-order chi connectivity index (χ0) is 19.1. The van der Waals surface area contributed by atoms with E-state index >= 15 is 0 Å². The van der Waals surface area contributed by atoms with E-state index < -0.39 is 0 Å². The first-order valence-electron chi connectivity index (χ1n) is 9.51. The van der Waals surface area contributed by atoms with Gasteiger partial charge in [-0.05, 0) is 49.7 Å². The predicted molar refractivity (Wildman–Crippen MR) is 104 cm³/mol. The Hall–Kier alpha value is -2.60. The second-order valence-corrected chi connectivity index (χ2v) is 6.45. The van der Waals surface area contributed by atoms with Gasteiger partial charge in [0.2, 0.25) is 0 Å². The summed E-state index contributed by atoms with van der Waals surface area (Å²) in [6.07, 6.45) is 3.63. The van der Waals surface area contributed by atoms with Crippen molar-refractivity contribution in [2.24, 2.45) is 0 Å². The third-order valence-electron chi connectivity index (χ3n) is 4.61. The second-order valence-electron chi connectivity index (χ2n) is 6.45. The van der Waals surface area contributed by atoms with Crippen molar-refractivity contribution in [3.8, 4) is 11.5 Å². The molecule has 1 aromatic carbocycles. The molecule has 0 aliphatic carbocycles. The minimum atomic E-state index is 0.0440. The smallest absolute Gasteiger partial charge is 0.254 e. The molecule has 1 fully saturated rings. The van der Waals surface area contributed by atoms with Crippen LogP contribution < -0.4 is 9.47 Å². The highest BCUT2D eigenvalue weighted by Gasteiger charge is 2.23. The molecular formula is C21H27N3O3. The van der Waals surface area contributed by atoms with Gasteiger partial charge in [-0.1, -0.05) is 0 Å². The molecule has 144 valence electrons. The maximum atomic E-state index is 12.9. The highest BCUT2D eigenvalue weighted by molar-refractivity contribution is 5.95. The maximum Gasteiger partial charge on any atom is 0.254 e. The Morgan fingerprint density at radius 3 is 2.30 bits per heavy atom. The average molecular weight is 369 g/mol. The van der Waals surface area contributed by atoms with E-state index in [0.29, 0.717) is 30.3 Å². The molecule has 3 rings (SSSR count). The van der Waals surface area contributed by atoms with Gasteiger partial charge < -0.3 is 14.4 Å². The number of hydrogen-bond donors (Lipinski definition) is 0. The standard InChI is InChI=1S/C21H27N3O3/c1-3-26-19-6-5-18(15-20(19)27-4-2)21(25)24-13-11-23(12-14-24)16-17-7-9-22-10-8-17/h5-10,15H,3-4,11-14,16H2,1-2H3. The maximum absolute atomic E-state index is 12.9. The summed E-state index contributed by atoms with van der Waals surface area (Å²) in [4.78, 5) is 21.2. The largest absolute Gasteiger partial charge is 0.490 e. The van der Waals surface area contributed by atoms with Crippen molar-refractivity contribution in [2.75, 3.05) is 39.4 Å². The highest BCUT2D eigenvalue weighted by atomic mass is 16.5. The van der Waals surface area contributed by atoms with Gasteiger partial charge in [-0.25, -0.2) is 0 Å². The molecule has 0 bridgehead atoms. The molecule has 0 unspecified atom stereocenters. The normalized spacial score (nSPS) is 14.8. The number of benzene rings is 1. The lowest BCUT2D eigenvalue weighted by Crippen LogP contribution is -2.48. The Balaban J connectivity index is 1.61. The minimum Gasteiger partial charge on any atom is -0.490 e. The fraction of sp³-hybridized carbons (Fsp3) is 0.429. The van der Waals surface area contributed by atoms with E-state index in [4.69, 9.17) is 9.47 Å². The van der Waals surface area contributed by atoms with E-state index in [-0.39, 0.29) is 5.91 Å². The Labute approximate surface area is 160 Å². The van der Waals surface area contributed by atoms with Gasteiger partial charge >= 0.3 is 0 Å². The van der Waals surface area contributed by atoms with Crippen molar-refractivity contribution in [1.82, 2.24) is 14.8 Å². The van der Waals surface area contributed by atoms with Gasteiger partial charge in [0.1, 0.15) is 0 Å². The summed E-state index contributed by atoms with van der Waals surface area (Å²) in [6.45, 7) is 9.02. The summed E-state index contributed by atoms with van der Waals surface area (Å²) in [6, 6.07) is 9.50. The molecule has 0 spiro atoms. The van der Waals surface area contributed by atoms with Crippen LogP contribution >= 0.6 is 0 Å². The van der Waals surface area contributed by atoms with E-state index in [1.807, 2.05) is 55.4 Å². The summed E-state index contributed by atoms with van der Waals surface area (Å²) in [5.74, 6) is 1.35. The first-order chi connectivity index (χ1) is 13.2. The van der Waals surface area contributed by atoms with Crippen molar-refractivity contribution in [2.45, 2.75) is 20.4 Å². The SMILES string of the molecule is CCOc1ccc(C(=O)N2CCN(Cc3ccncc3)CC2)cc1OCC. The fourth-order valence-electron chi connectivity index (χ4n) is 3.22. The van der Waals surface area contributed by atoms with Crippen molar-refractivity contribution in [3.63, 3.8) is 0 Å². The number of aromatic nitrogens is 1. The molecule has 6 nitrogen and oxygen atoms in total. The molecule has 1 aliphatic heterocycles. The topological polar surface area (TPSA) is 54.9 Å². The van der Waals surface area contributed by atoms with E-state index in [1.165, 1.54) is 5.56 Å². The number of pyridine rings is 1. The van der Waals surface area contributed by atoms with Crippen LogP contribution in [0, 0.1) is 0 Å². The number of carbonyl (C=O) groups is 1. The van der Waals surface area contributed by atoms with Crippen LogP contribution in [0.25, 0.3) is 0 Å². The third-order valence-corrected chi connectivity index (χ3v) is 4.61. The predicted octanol–water partition coefficient (Wildman–Crippen LogP) is 2.84. The van der Waals surface area contributed by atoms with Crippen LogP contribution in [0.4, 0.5) is 0 Å². The number of hydrogen-bond acceptors (Lipinski definition) is 5. The van der Waals surface area contributed by atoms with Crippen molar-refractivity contribution < 1.29 is 14.3 Å². The van der Waals surface area contributed by atoms with Gasteiger partial charge in [-0.15, -0.1) is 0 Å². The van der Waals surface area contributed by atoms with Crippen LogP contribution in [0.3, 0.4) is 0 Å². The summed E-state index contributed by atoms with van der Waals surface area (Å²) in [5, 5.41) is 0. The molecular weight excluding hydrogens is 342 g/mol. The van der Waals surface area contributed by atoms with Crippen LogP contribution in [0.5, 0.6) is 11.5 Å². The minimum absolute atomic E-state index is 0.0440. The number of nitrogens with zero attached hydrogens (tertiary/aromatic N) is 3. The average Bonchev–Trinajstić information content (AvgIpc) is 2.70. The van der Waals surface area contributed by atoms with E-state index in [1.54, 1.807) is 6.07 Å². The summed E-state index contributed by atoms with van der Waals surface area (Å²) in [5.41, 5.74) is 1.89. The molecule has 0 radical (unpaired) electrons. The van der Waals surface area contributed by atoms with Crippen molar-refractivity contribution >= 4 is 5.91 Å². The molecule has 1 amide bonds. The van der Waals surface area contributed by atoms with Gasteiger partial charge in [0, 0.05) is 50.7 Å². The van der Waals surface area contributed by atoms with Gasteiger partial charge in [0.25, 0.3) is 5.91 Å². The Bertz CT molecular complexity index is 744. The lowest BCUT2D eigenvalue weighted by atomic mass is 10.1. The monoisotopic (exact) mass is 369 g/mol. The number of carbonyl (C=O) groups excluding carboxylic acids is 1.